The van der Waals surface area contributed by atoms with E-state index in [1.54, 1.807) is 0 Å². The molecule has 0 saturated heterocycles. The molecule has 0 aliphatic rings. The summed E-state index contributed by atoms with van der Waals surface area (Å²) in [7, 11) is 0. The molecule has 3 nitrogen and oxygen atoms in total. The van der Waals surface area contributed by atoms with E-state index in [1.165, 1.54) is 6.07 Å². The lowest BCUT2D eigenvalue weighted by atomic mass is 10.2. The minimum atomic E-state index is -3.48. The Balaban J connectivity index is 2.90. The Bertz CT molecular complexity index is 433. The predicted octanol–water partition coefficient (Wildman–Crippen LogP) is 1.88. The van der Waals surface area contributed by atoms with Crippen LogP contribution >= 0.6 is 0 Å². The number of aliphatic hydroxyl groups is 1. The normalized spacial score (nSPS) is 11.1. The highest BCUT2D eigenvalue weighted by molar-refractivity contribution is 5.50. The average molecular weight is 248 g/mol. The fourth-order valence-corrected chi connectivity index (χ4v) is 1.08. The smallest absolute Gasteiger partial charge is 0.287 e. The summed E-state index contributed by atoms with van der Waals surface area (Å²) in [6.45, 7) is -2.54. The summed E-state index contributed by atoms with van der Waals surface area (Å²) in [5.41, 5.74) is -1.00. The van der Waals surface area contributed by atoms with Gasteiger partial charge in [-0.1, -0.05) is 0 Å². The Kier molecular flexibility index (Phi) is 3.91. The van der Waals surface area contributed by atoms with Crippen molar-refractivity contribution in [2.45, 2.75) is 5.92 Å². The van der Waals surface area contributed by atoms with Gasteiger partial charge in [0.2, 0.25) is 0 Å². The van der Waals surface area contributed by atoms with E-state index in [4.69, 9.17) is 10.4 Å². The number of rotatable bonds is 4. The maximum Gasteiger partial charge on any atom is 0.287 e. The number of benzene rings is 1. The third-order valence-corrected chi connectivity index (χ3v) is 1.93. The van der Waals surface area contributed by atoms with Crippen LogP contribution in [0.2, 0.25) is 0 Å². The van der Waals surface area contributed by atoms with Gasteiger partial charge in [0.05, 0.1) is 18.2 Å². The summed E-state index contributed by atoms with van der Waals surface area (Å²) in [5.74, 6) is -5.77. The molecule has 0 amide bonds. The summed E-state index contributed by atoms with van der Waals surface area (Å²) < 4.78 is 51.7. The van der Waals surface area contributed by atoms with Gasteiger partial charge in [-0.15, -0.1) is 0 Å². The van der Waals surface area contributed by atoms with Crippen molar-refractivity contribution in [3.63, 3.8) is 0 Å². The molecule has 1 aromatic rings. The van der Waals surface area contributed by atoms with Crippen LogP contribution in [0.5, 0.6) is 0 Å². The number of aliphatic hydroxyl groups excluding tert-OH is 1. The predicted molar refractivity (Wildman–Crippen MR) is 51.6 cm³/mol. The number of nitriles is 1. The molecule has 2 N–H and O–H groups in total. The Labute approximate surface area is 94.3 Å². The molecule has 0 aliphatic carbocycles. The summed E-state index contributed by atoms with van der Waals surface area (Å²) in [4.78, 5) is 0. The Morgan fingerprint density at radius 2 is 1.82 bits per heavy atom. The molecule has 92 valence electrons. The van der Waals surface area contributed by atoms with Gasteiger partial charge in [0.15, 0.2) is 11.6 Å². The SMILES string of the molecule is N#Cc1cc(F)c(NCC(F)(F)CO)c(F)c1. The minimum absolute atomic E-state index is 0.250. The van der Waals surface area contributed by atoms with E-state index in [0.29, 0.717) is 0 Å². The maximum absolute atomic E-state index is 13.2. The highest BCUT2D eigenvalue weighted by Crippen LogP contribution is 2.22. The van der Waals surface area contributed by atoms with Crippen LogP contribution in [0.1, 0.15) is 5.56 Å². The van der Waals surface area contributed by atoms with Crippen LogP contribution in [-0.2, 0) is 0 Å². The second-order valence-electron chi connectivity index (χ2n) is 3.29. The van der Waals surface area contributed by atoms with Crippen LogP contribution in [0.3, 0.4) is 0 Å². The first-order valence-electron chi connectivity index (χ1n) is 4.51. The largest absolute Gasteiger partial charge is 0.390 e. The van der Waals surface area contributed by atoms with Crippen molar-refractivity contribution in [1.29, 1.82) is 5.26 Å². The zero-order chi connectivity index (χ0) is 13.1. The van der Waals surface area contributed by atoms with Crippen molar-refractivity contribution in [1.82, 2.24) is 0 Å². The molecule has 0 heterocycles. The molecule has 0 aromatic heterocycles. The van der Waals surface area contributed by atoms with Gasteiger partial charge in [-0.25, -0.2) is 17.6 Å². The molecule has 0 bridgehead atoms. The van der Waals surface area contributed by atoms with Crippen LogP contribution in [0.4, 0.5) is 23.2 Å². The topological polar surface area (TPSA) is 56.0 Å². The number of nitrogens with zero attached hydrogens (tertiary/aromatic N) is 1. The highest BCUT2D eigenvalue weighted by Gasteiger charge is 2.28. The van der Waals surface area contributed by atoms with Crippen molar-refractivity contribution < 1.29 is 22.7 Å². The third kappa shape index (κ3) is 3.32. The number of hydrogen-bond acceptors (Lipinski definition) is 3. The Morgan fingerprint density at radius 1 is 1.29 bits per heavy atom. The van der Waals surface area contributed by atoms with E-state index in [0.717, 1.165) is 12.1 Å². The molecule has 0 atom stereocenters. The van der Waals surface area contributed by atoms with Crippen molar-refractivity contribution in [3.8, 4) is 6.07 Å². The summed E-state index contributed by atoms with van der Waals surface area (Å²) in [6, 6.07) is 2.97. The van der Waals surface area contributed by atoms with Crippen LogP contribution in [0.15, 0.2) is 12.1 Å². The van der Waals surface area contributed by atoms with Crippen molar-refractivity contribution >= 4 is 5.69 Å². The molecule has 7 heteroatoms. The van der Waals surface area contributed by atoms with Gasteiger partial charge in [-0.3, -0.25) is 0 Å². The molecule has 0 fully saturated rings. The molecule has 0 unspecified atom stereocenters. The van der Waals surface area contributed by atoms with Gasteiger partial charge in [0, 0.05) is 0 Å². The van der Waals surface area contributed by atoms with Crippen LogP contribution < -0.4 is 5.32 Å². The summed E-state index contributed by atoms with van der Waals surface area (Å²) >= 11 is 0. The lowest BCUT2D eigenvalue weighted by Gasteiger charge is -2.15. The van der Waals surface area contributed by atoms with Gasteiger partial charge in [0.1, 0.15) is 12.3 Å². The first kappa shape index (κ1) is 13.3. The first-order chi connectivity index (χ1) is 7.89. The van der Waals surface area contributed by atoms with Gasteiger partial charge in [-0.2, -0.15) is 5.26 Å². The zero-order valence-electron chi connectivity index (χ0n) is 8.48. The molecule has 1 aromatic carbocycles. The minimum Gasteiger partial charge on any atom is -0.390 e. The van der Waals surface area contributed by atoms with Crippen LogP contribution in [0.25, 0.3) is 0 Å². The monoisotopic (exact) mass is 248 g/mol. The molecular weight excluding hydrogens is 240 g/mol. The van der Waals surface area contributed by atoms with Crippen molar-refractivity contribution in [2.75, 3.05) is 18.5 Å². The van der Waals surface area contributed by atoms with E-state index in [1.807, 2.05) is 5.32 Å². The second kappa shape index (κ2) is 5.01. The van der Waals surface area contributed by atoms with Crippen molar-refractivity contribution in [2.24, 2.45) is 0 Å². The van der Waals surface area contributed by atoms with Crippen LogP contribution in [0, 0.1) is 23.0 Å². The van der Waals surface area contributed by atoms with Gasteiger partial charge in [0.25, 0.3) is 5.92 Å². The molecule has 0 spiro atoms. The average Bonchev–Trinajstić information content (AvgIpc) is 2.27. The van der Waals surface area contributed by atoms with Gasteiger partial charge >= 0.3 is 0 Å². The third-order valence-electron chi connectivity index (χ3n) is 1.93. The second-order valence-corrected chi connectivity index (χ2v) is 3.29. The zero-order valence-corrected chi connectivity index (χ0v) is 8.48. The molecular formula is C10H8F4N2O. The fourth-order valence-electron chi connectivity index (χ4n) is 1.08. The van der Waals surface area contributed by atoms with E-state index in [9.17, 15) is 17.6 Å². The highest BCUT2D eigenvalue weighted by atomic mass is 19.3. The number of anilines is 1. The van der Waals surface area contributed by atoms with Crippen LogP contribution in [-0.4, -0.2) is 24.2 Å². The molecule has 17 heavy (non-hydrogen) atoms. The first-order valence-corrected chi connectivity index (χ1v) is 4.51. The summed E-state index contributed by atoms with van der Waals surface area (Å²) in [6.07, 6.45) is 0. The lowest BCUT2D eigenvalue weighted by molar-refractivity contribution is -0.0373. The number of alkyl halides is 2. The summed E-state index contributed by atoms with van der Waals surface area (Å²) in [5, 5.41) is 18.5. The lowest BCUT2D eigenvalue weighted by Crippen LogP contribution is -2.31. The fraction of sp³-hybridized carbons (Fsp3) is 0.300. The maximum atomic E-state index is 13.2. The van der Waals surface area contributed by atoms with Gasteiger partial charge in [-0.05, 0) is 12.1 Å². The number of nitrogens with one attached hydrogen (secondary N) is 1. The quantitative estimate of drug-likeness (QED) is 0.800. The molecule has 0 saturated carbocycles. The standard InChI is InChI=1S/C10H8F4N2O/c11-7-1-6(3-15)2-8(12)9(7)16-4-10(13,14)5-17/h1-2,16-17H,4-5H2. The van der Waals surface area contributed by atoms with Gasteiger partial charge < -0.3 is 10.4 Å². The molecule has 0 aliphatic heterocycles. The number of halogens is 4. The molecule has 1 rings (SSSR count). The van der Waals surface area contributed by atoms with E-state index in [2.05, 4.69) is 0 Å². The number of hydrogen-bond donors (Lipinski definition) is 2. The van der Waals surface area contributed by atoms with E-state index >= 15 is 0 Å². The Hall–Kier alpha value is -1.81. The van der Waals surface area contributed by atoms with E-state index < -0.39 is 36.4 Å². The Morgan fingerprint density at radius 3 is 2.24 bits per heavy atom. The van der Waals surface area contributed by atoms with E-state index in [-0.39, 0.29) is 5.56 Å². The van der Waals surface area contributed by atoms with Crippen molar-refractivity contribution in [3.05, 3.63) is 29.3 Å². The molecule has 0 radical (unpaired) electrons.